The van der Waals surface area contributed by atoms with E-state index in [9.17, 15) is 0 Å². The molecule has 0 spiro atoms. The average Bonchev–Trinajstić information content (AvgIpc) is 2.43. The zero-order valence-electron chi connectivity index (χ0n) is 11.9. The molecule has 1 heterocycles. The summed E-state index contributed by atoms with van der Waals surface area (Å²) in [5.41, 5.74) is 2.49. The molecule has 1 unspecified atom stereocenters. The quantitative estimate of drug-likeness (QED) is 0.862. The smallest absolute Gasteiger partial charge is 0.224 e. The molecule has 1 aromatic carbocycles. The molecule has 106 valence electrons. The van der Waals surface area contributed by atoms with Crippen molar-refractivity contribution >= 4 is 27.7 Å². The third-order valence-electron chi connectivity index (χ3n) is 3.01. The summed E-state index contributed by atoms with van der Waals surface area (Å²) < 4.78 is 0.859. The second-order valence-corrected chi connectivity index (χ2v) is 5.55. The first-order valence-corrected chi connectivity index (χ1v) is 7.49. The van der Waals surface area contributed by atoms with E-state index in [1.807, 2.05) is 6.92 Å². The van der Waals surface area contributed by atoms with Crippen LogP contribution in [0.1, 0.15) is 31.0 Å². The van der Waals surface area contributed by atoms with Gasteiger partial charge in [-0.05, 0) is 42.3 Å². The molecule has 0 fully saturated rings. The molecule has 2 aromatic rings. The van der Waals surface area contributed by atoms with Gasteiger partial charge in [-0.15, -0.1) is 0 Å². The topological polar surface area (TPSA) is 49.8 Å². The van der Waals surface area contributed by atoms with Gasteiger partial charge in [0, 0.05) is 18.8 Å². The van der Waals surface area contributed by atoms with E-state index in [4.69, 9.17) is 0 Å². The lowest BCUT2D eigenvalue weighted by Crippen LogP contribution is -2.10. The first-order chi connectivity index (χ1) is 9.60. The first-order valence-electron chi connectivity index (χ1n) is 6.69. The number of halogens is 1. The molecule has 4 nitrogen and oxygen atoms in total. The van der Waals surface area contributed by atoms with Gasteiger partial charge in [0.2, 0.25) is 5.95 Å². The number of hydrogen-bond donors (Lipinski definition) is 2. The molecule has 1 atom stereocenters. The summed E-state index contributed by atoms with van der Waals surface area (Å²) in [5.74, 6) is 1.43. The molecule has 0 aliphatic rings. The Hall–Kier alpha value is -1.62. The molecular formula is C15H19BrN4. The summed E-state index contributed by atoms with van der Waals surface area (Å²) in [4.78, 5) is 8.68. The molecule has 2 N–H and O–H groups in total. The van der Waals surface area contributed by atoms with E-state index < -0.39 is 0 Å². The predicted molar refractivity (Wildman–Crippen MR) is 87.1 cm³/mol. The van der Waals surface area contributed by atoms with Crippen LogP contribution in [0.4, 0.5) is 11.8 Å². The van der Waals surface area contributed by atoms with E-state index in [0.717, 1.165) is 16.8 Å². The van der Waals surface area contributed by atoms with Crippen LogP contribution in [0.15, 0.2) is 34.9 Å². The van der Waals surface area contributed by atoms with E-state index >= 15 is 0 Å². The first kappa shape index (κ1) is 14.8. The number of anilines is 2. The van der Waals surface area contributed by atoms with E-state index in [0.29, 0.717) is 5.95 Å². The maximum Gasteiger partial charge on any atom is 0.224 e. The number of nitrogens with one attached hydrogen (secondary N) is 2. The highest BCUT2D eigenvalue weighted by Crippen LogP contribution is 2.25. The van der Waals surface area contributed by atoms with Crippen molar-refractivity contribution in [1.82, 2.24) is 9.97 Å². The lowest BCUT2D eigenvalue weighted by molar-refractivity contribution is 0.869. The third kappa shape index (κ3) is 3.70. The van der Waals surface area contributed by atoms with Gasteiger partial charge in [-0.25, -0.2) is 4.98 Å². The Morgan fingerprint density at radius 3 is 2.60 bits per heavy atom. The van der Waals surface area contributed by atoms with Crippen molar-refractivity contribution < 1.29 is 0 Å². The van der Waals surface area contributed by atoms with Gasteiger partial charge in [0.05, 0.1) is 4.47 Å². The van der Waals surface area contributed by atoms with Crippen LogP contribution in [0.3, 0.4) is 0 Å². The van der Waals surface area contributed by atoms with Crippen LogP contribution in [0.2, 0.25) is 0 Å². The standard InChI is InChI=1S/C15H19BrN4/c1-4-17-15-18-9-13(16)14(20-15)19-11(3)12-7-5-10(2)6-8-12/h5-9,11H,4H2,1-3H3,(H2,17,18,19,20). The molecule has 1 aromatic heterocycles. The van der Waals surface area contributed by atoms with E-state index in [-0.39, 0.29) is 6.04 Å². The monoisotopic (exact) mass is 334 g/mol. The summed E-state index contributed by atoms with van der Waals surface area (Å²) >= 11 is 3.48. The Balaban J connectivity index is 2.16. The minimum atomic E-state index is 0.177. The lowest BCUT2D eigenvalue weighted by atomic mass is 10.1. The van der Waals surface area contributed by atoms with Gasteiger partial charge in [0.1, 0.15) is 5.82 Å². The zero-order valence-corrected chi connectivity index (χ0v) is 13.5. The molecule has 20 heavy (non-hydrogen) atoms. The number of benzene rings is 1. The minimum Gasteiger partial charge on any atom is -0.362 e. The summed E-state index contributed by atoms with van der Waals surface area (Å²) in [5, 5.41) is 6.52. The highest BCUT2D eigenvalue weighted by molar-refractivity contribution is 9.10. The van der Waals surface area contributed by atoms with Crippen molar-refractivity contribution in [3.63, 3.8) is 0 Å². The third-order valence-corrected chi connectivity index (χ3v) is 3.59. The molecule has 0 aliphatic carbocycles. The van der Waals surface area contributed by atoms with Crippen LogP contribution in [0, 0.1) is 6.92 Å². The van der Waals surface area contributed by atoms with Crippen molar-refractivity contribution in [2.45, 2.75) is 26.8 Å². The SMILES string of the molecule is CCNc1ncc(Br)c(NC(C)c2ccc(C)cc2)n1. The molecular weight excluding hydrogens is 316 g/mol. The largest absolute Gasteiger partial charge is 0.362 e. The molecule has 0 radical (unpaired) electrons. The fourth-order valence-corrected chi connectivity index (χ4v) is 2.16. The van der Waals surface area contributed by atoms with Gasteiger partial charge in [-0.3, -0.25) is 0 Å². The number of aromatic nitrogens is 2. The van der Waals surface area contributed by atoms with Crippen LogP contribution < -0.4 is 10.6 Å². The second kappa shape index (κ2) is 6.70. The molecule has 0 saturated carbocycles. The maximum absolute atomic E-state index is 4.46. The molecule has 5 heteroatoms. The zero-order chi connectivity index (χ0) is 14.5. The van der Waals surface area contributed by atoms with Crippen LogP contribution in [0.5, 0.6) is 0 Å². The van der Waals surface area contributed by atoms with Crippen molar-refractivity contribution in [2.75, 3.05) is 17.2 Å². The van der Waals surface area contributed by atoms with Crippen LogP contribution in [0.25, 0.3) is 0 Å². The Morgan fingerprint density at radius 1 is 1.25 bits per heavy atom. The van der Waals surface area contributed by atoms with Crippen molar-refractivity contribution in [2.24, 2.45) is 0 Å². The Morgan fingerprint density at radius 2 is 1.95 bits per heavy atom. The molecule has 0 bridgehead atoms. The molecule has 2 rings (SSSR count). The Kier molecular flexibility index (Phi) is 4.95. The number of aryl methyl sites for hydroxylation is 1. The fraction of sp³-hybridized carbons (Fsp3) is 0.333. The Bertz CT molecular complexity index is 569. The highest BCUT2D eigenvalue weighted by atomic mass is 79.9. The maximum atomic E-state index is 4.46. The average molecular weight is 335 g/mol. The summed E-state index contributed by atoms with van der Waals surface area (Å²) in [6.45, 7) is 7.03. The van der Waals surface area contributed by atoms with Crippen molar-refractivity contribution in [3.05, 3.63) is 46.1 Å². The van der Waals surface area contributed by atoms with Gasteiger partial charge in [0.15, 0.2) is 0 Å². The summed E-state index contributed by atoms with van der Waals surface area (Å²) in [6, 6.07) is 8.68. The van der Waals surface area contributed by atoms with E-state index in [2.05, 4.69) is 74.6 Å². The molecule has 0 aliphatic heterocycles. The number of nitrogens with zero attached hydrogens (tertiary/aromatic N) is 2. The van der Waals surface area contributed by atoms with E-state index in [1.54, 1.807) is 6.20 Å². The number of rotatable bonds is 5. The molecule has 0 saturated heterocycles. The van der Waals surface area contributed by atoms with Gasteiger partial charge in [-0.2, -0.15) is 4.98 Å². The van der Waals surface area contributed by atoms with Crippen LogP contribution in [-0.4, -0.2) is 16.5 Å². The fourth-order valence-electron chi connectivity index (χ4n) is 1.86. The van der Waals surface area contributed by atoms with Crippen molar-refractivity contribution in [3.8, 4) is 0 Å². The minimum absolute atomic E-state index is 0.177. The van der Waals surface area contributed by atoms with E-state index in [1.165, 1.54) is 11.1 Å². The van der Waals surface area contributed by atoms with Crippen LogP contribution in [-0.2, 0) is 0 Å². The second-order valence-electron chi connectivity index (χ2n) is 4.70. The normalized spacial score (nSPS) is 12.0. The van der Waals surface area contributed by atoms with Gasteiger partial charge >= 0.3 is 0 Å². The summed E-state index contributed by atoms with van der Waals surface area (Å²) in [7, 11) is 0. The Labute approximate surface area is 128 Å². The predicted octanol–water partition coefficient (Wildman–Crippen LogP) is 4.15. The highest BCUT2D eigenvalue weighted by Gasteiger charge is 2.10. The number of hydrogen-bond acceptors (Lipinski definition) is 4. The van der Waals surface area contributed by atoms with Gasteiger partial charge in [0.25, 0.3) is 0 Å². The van der Waals surface area contributed by atoms with Gasteiger partial charge in [-0.1, -0.05) is 29.8 Å². The van der Waals surface area contributed by atoms with Gasteiger partial charge < -0.3 is 10.6 Å². The van der Waals surface area contributed by atoms with Crippen molar-refractivity contribution in [1.29, 1.82) is 0 Å². The summed E-state index contributed by atoms with van der Waals surface area (Å²) in [6.07, 6.45) is 1.76. The molecule has 0 amide bonds. The lowest BCUT2D eigenvalue weighted by Gasteiger charge is -2.16. The van der Waals surface area contributed by atoms with Crippen LogP contribution >= 0.6 is 15.9 Å².